The molecule has 1 aromatic carbocycles. The molecule has 1 aliphatic heterocycles. The van der Waals surface area contributed by atoms with Crippen molar-refractivity contribution in [3.8, 4) is 11.7 Å². The number of rotatable bonds is 2. The van der Waals surface area contributed by atoms with Crippen molar-refractivity contribution >= 4 is 22.2 Å². The van der Waals surface area contributed by atoms with Gasteiger partial charge in [0.1, 0.15) is 11.8 Å². The fourth-order valence-electron chi connectivity index (χ4n) is 3.96. The van der Waals surface area contributed by atoms with E-state index in [0.717, 1.165) is 11.0 Å². The molecular formula is C20H14FN7O2. The Morgan fingerprint density at radius 1 is 1.20 bits per heavy atom. The van der Waals surface area contributed by atoms with Gasteiger partial charge in [-0.15, -0.1) is 0 Å². The molecule has 0 radical (unpaired) electrons. The van der Waals surface area contributed by atoms with Gasteiger partial charge in [0.15, 0.2) is 17.2 Å². The first-order valence-electron chi connectivity index (χ1n) is 9.36. The highest BCUT2D eigenvalue weighted by molar-refractivity contribution is 5.76. The molecule has 148 valence electrons. The van der Waals surface area contributed by atoms with Crippen molar-refractivity contribution in [3.63, 3.8) is 0 Å². The van der Waals surface area contributed by atoms with Crippen molar-refractivity contribution in [3.05, 3.63) is 71.0 Å². The van der Waals surface area contributed by atoms with Gasteiger partial charge in [0, 0.05) is 18.2 Å². The predicted octanol–water partition coefficient (Wildman–Crippen LogP) is 2.36. The third-order valence-corrected chi connectivity index (χ3v) is 5.32. The lowest BCUT2D eigenvalue weighted by atomic mass is 10.00. The summed E-state index contributed by atoms with van der Waals surface area (Å²) >= 11 is 0. The van der Waals surface area contributed by atoms with Crippen LogP contribution in [0.15, 0.2) is 54.0 Å². The number of halogens is 1. The molecule has 0 bridgehead atoms. The minimum absolute atomic E-state index is 0.177. The highest BCUT2D eigenvalue weighted by atomic mass is 19.1. The van der Waals surface area contributed by atoms with E-state index in [9.17, 15) is 9.18 Å². The molecule has 1 unspecified atom stereocenters. The Morgan fingerprint density at radius 3 is 3.07 bits per heavy atom. The van der Waals surface area contributed by atoms with Crippen LogP contribution >= 0.6 is 0 Å². The number of nitrogens with one attached hydrogen (secondary N) is 1. The van der Waals surface area contributed by atoms with Gasteiger partial charge in [-0.2, -0.15) is 4.98 Å². The van der Waals surface area contributed by atoms with Gasteiger partial charge in [-0.05, 0) is 12.1 Å². The summed E-state index contributed by atoms with van der Waals surface area (Å²) in [6, 6.07) is 6.11. The predicted molar refractivity (Wildman–Crippen MR) is 105 cm³/mol. The van der Waals surface area contributed by atoms with E-state index in [-0.39, 0.29) is 11.4 Å². The number of ether oxygens (including phenoxy) is 1. The molecule has 30 heavy (non-hydrogen) atoms. The van der Waals surface area contributed by atoms with E-state index < -0.39 is 11.9 Å². The van der Waals surface area contributed by atoms with Gasteiger partial charge in [0.05, 0.1) is 36.1 Å². The topological polar surface area (TPSA) is 104 Å². The lowest BCUT2D eigenvalue weighted by Crippen LogP contribution is -2.28. The lowest BCUT2D eigenvalue weighted by molar-refractivity contribution is 0.244. The van der Waals surface area contributed by atoms with Crippen molar-refractivity contribution in [2.45, 2.75) is 12.5 Å². The Kier molecular flexibility index (Phi) is 3.48. The summed E-state index contributed by atoms with van der Waals surface area (Å²) < 4.78 is 23.0. The summed E-state index contributed by atoms with van der Waals surface area (Å²) in [6.45, 7) is 0.299. The van der Waals surface area contributed by atoms with Crippen molar-refractivity contribution in [1.29, 1.82) is 0 Å². The zero-order valence-electron chi connectivity index (χ0n) is 15.5. The van der Waals surface area contributed by atoms with Gasteiger partial charge in [-0.3, -0.25) is 14.1 Å². The van der Waals surface area contributed by atoms with E-state index in [4.69, 9.17) is 4.74 Å². The van der Waals surface area contributed by atoms with Crippen LogP contribution < -0.4 is 10.4 Å². The van der Waals surface area contributed by atoms with Gasteiger partial charge >= 0.3 is 5.69 Å². The first-order valence-corrected chi connectivity index (χ1v) is 9.36. The van der Waals surface area contributed by atoms with E-state index in [1.165, 1.54) is 6.07 Å². The normalized spacial score (nSPS) is 16.0. The van der Waals surface area contributed by atoms with Crippen LogP contribution in [0.3, 0.4) is 0 Å². The Balaban J connectivity index is 1.57. The third-order valence-electron chi connectivity index (χ3n) is 5.32. The maximum Gasteiger partial charge on any atom is 0.328 e. The zero-order chi connectivity index (χ0) is 20.2. The first-order chi connectivity index (χ1) is 14.7. The highest BCUT2D eigenvalue weighted by Crippen LogP contribution is 2.36. The summed E-state index contributed by atoms with van der Waals surface area (Å²) in [5, 5.41) is 0. The molecule has 0 saturated carbocycles. The molecule has 6 rings (SSSR count). The Morgan fingerprint density at radius 2 is 2.13 bits per heavy atom. The van der Waals surface area contributed by atoms with Crippen LogP contribution in [-0.2, 0) is 0 Å². The Labute approximate surface area is 167 Å². The van der Waals surface area contributed by atoms with E-state index in [2.05, 4.69) is 24.9 Å². The van der Waals surface area contributed by atoms with Gasteiger partial charge in [-0.1, -0.05) is 12.1 Å². The summed E-state index contributed by atoms with van der Waals surface area (Å²) in [4.78, 5) is 33.1. The summed E-state index contributed by atoms with van der Waals surface area (Å²) in [7, 11) is 0. The molecule has 0 saturated heterocycles. The molecule has 5 heterocycles. The van der Waals surface area contributed by atoms with Gasteiger partial charge < -0.3 is 9.72 Å². The molecular weight excluding hydrogens is 389 g/mol. The van der Waals surface area contributed by atoms with E-state index in [1.54, 1.807) is 52.3 Å². The number of aromatic amines is 1. The molecule has 9 nitrogen and oxygen atoms in total. The number of pyridine rings is 1. The largest absolute Gasteiger partial charge is 0.490 e. The molecule has 0 aliphatic carbocycles. The average molecular weight is 403 g/mol. The second-order valence-electron chi connectivity index (χ2n) is 7.00. The molecule has 0 fully saturated rings. The minimum Gasteiger partial charge on any atom is -0.490 e. The lowest BCUT2D eigenvalue weighted by Gasteiger charge is -2.26. The van der Waals surface area contributed by atoms with Crippen molar-refractivity contribution < 1.29 is 9.13 Å². The Hall–Kier alpha value is -4.08. The standard InChI is InChI=1S/C20H14FN7O2/c21-12-3-1-2-11-15(5-7-30-17(11)12)28-18-14(25-20(28)29)8-23-19(26-18)27-10-24-13-4-6-22-9-16(13)27/h1-4,6,8-10,15H,5,7H2,(H,25,29). The smallest absolute Gasteiger partial charge is 0.328 e. The van der Waals surface area contributed by atoms with Gasteiger partial charge in [0.25, 0.3) is 0 Å². The van der Waals surface area contributed by atoms with Crippen LogP contribution in [-0.4, -0.2) is 40.7 Å². The molecule has 10 heteroatoms. The highest BCUT2D eigenvalue weighted by Gasteiger charge is 2.28. The fourth-order valence-corrected chi connectivity index (χ4v) is 3.96. The number of hydrogen-bond donors (Lipinski definition) is 1. The van der Waals surface area contributed by atoms with E-state index in [0.29, 0.717) is 35.7 Å². The number of H-pyrrole nitrogens is 1. The third kappa shape index (κ3) is 2.36. The van der Waals surface area contributed by atoms with Crippen molar-refractivity contribution in [2.24, 2.45) is 0 Å². The van der Waals surface area contributed by atoms with E-state index >= 15 is 0 Å². The zero-order valence-corrected chi connectivity index (χ0v) is 15.5. The molecule has 1 aliphatic rings. The van der Waals surface area contributed by atoms with Crippen LogP contribution in [0.4, 0.5) is 4.39 Å². The number of benzene rings is 1. The number of imidazole rings is 2. The fraction of sp³-hybridized carbons (Fsp3) is 0.150. The molecule has 0 spiro atoms. The van der Waals surface area contributed by atoms with Gasteiger partial charge in [0.2, 0.25) is 5.95 Å². The Bertz CT molecular complexity index is 1490. The number of para-hydroxylation sites is 1. The maximum absolute atomic E-state index is 14.2. The summed E-state index contributed by atoms with van der Waals surface area (Å²) in [6.07, 6.45) is 7.03. The monoisotopic (exact) mass is 403 g/mol. The molecule has 1 N–H and O–H groups in total. The molecule has 0 amide bonds. The second kappa shape index (κ2) is 6.21. The van der Waals surface area contributed by atoms with Crippen LogP contribution in [0.5, 0.6) is 5.75 Å². The van der Waals surface area contributed by atoms with Crippen LogP contribution in [0.2, 0.25) is 0 Å². The SMILES string of the molecule is O=c1[nH]c2cnc(-n3cnc4ccncc43)nc2n1C1CCOc2c(F)cccc21. The number of aromatic nitrogens is 7. The van der Waals surface area contributed by atoms with Crippen molar-refractivity contribution in [2.75, 3.05) is 6.61 Å². The molecule has 4 aromatic heterocycles. The summed E-state index contributed by atoms with van der Waals surface area (Å²) in [5.41, 5.74) is 2.71. The number of nitrogens with zero attached hydrogens (tertiary/aromatic N) is 6. The van der Waals surface area contributed by atoms with Crippen LogP contribution in [0.1, 0.15) is 18.0 Å². The summed E-state index contributed by atoms with van der Waals surface area (Å²) in [5.74, 6) is 0.0889. The average Bonchev–Trinajstić information content (AvgIpc) is 3.33. The van der Waals surface area contributed by atoms with Crippen LogP contribution in [0.25, 0.3) is 28.1 Å². The van der Waals surface area contributed by atoms with Crippen molar-refractivity contribution in [1.82, 2.24) is 34.1 Å². The maximum atomic E-state index is 14.2. The quantitative estimate of drug-likeness (QED) is 0.485. The van der Waals surface area contributed by atoms with Gasteiger partial charge in [-0.25, -0.2) is 19.2 Å². The number of fused-ring (bicyclic) bond motifs is 3. The van der Waals surface area contributed by atoms with E-state index in [1.807, 2.05) is 0 Å². The first kappa shape index (κ1) is 16.8. The number of hydrogen-bond acceptors (Lipinski definition) is 6. The molecule has 1 atom stereocenters. The molecule has 5 aromatic rings. The minimum atomic E-state index is -0.446. The van der Waals surface area contributed by atoms with Crippen LogP contribution in [0, 0.1) is 5.82 Å². The second-order valence-corrected chi connectivity index (χ2v) is 7.00.